The molecule has 1 aliphatic rings. The molecule has 1 aromatic carbocycles. The molecule has 0 bridgehead atoms. The van der Waals surface area contributed by atoms with Gasteiger partial charge in [0.1, 0.15) is 5.69 Å². The summed E-state index contributed by atoms with van der Waals surface area (Å²) in [6.07, 6.45) is 2.19. The molecule has 2 aromatic rings. The number of ketones is 1. The van der Waals surface area contributed by atoms with E-state index in [1.807, 2.05) is 45.9 Å². The predicted molar refractivity (Wildman–Crippen MR) is 107 cm³/mol. The van der Waals surface area contributed by atoms with E-state index < -0.39 is 0 Å². The van der Waals surface area contributed by atoms with Crippen LogP contribution in [0.3, 0.4) is 0 Å². The molecule has 150 valence electrons. The van der Waals surface area contributed by atoms with Crippen molar-refractivity contribution >= 4 is 11.7 Å². The largest absolute Gasteiger partial charge is 0.490 e. The predicted octanol–water partition coefficient (Wildman–Crippen LogP) is 4.13. The molecule has 1 amide bonds. The van der Waals surface area contributed by atoms with Crippen molar-refractivity contribution in [3.63, 3.8) is 0 Å². The van der Waals surface area contributed by atoms with Crippen molar-refractivity contribution in [3.05, 3.63) is 46.3 Å². The van der Waals surface area contributed by atoms with Crippen LogP contribution in [0.15, 0.2) is 18.2 Å². The SMILES string of the molecule is CCOc1ccc(C(C)NC(=O)c2[nH]c3c(c2C)C(=O)CCC3)cc1OCC. The van der Waals surface area contributed by atoms with Crippen LogP contribution in [-0.2, 0) is 6.42 Å². The van der Waals surface area contributed by atoms with Gasteiger partial charge in [0.15, 0.2) is 17.3 Å². The molecular weight excluding hydrogens is 356 g/mol. The number of rotatable bonds is 7. The van der Waals surface area contributed by atoms with Crippen LogP contribution in [0.4, 0.5) is 0 Å². The highest BCUT2D eigenvalue weighted by atomic mass is 16.5. The number of aromatic amines is 1. The van der Waals surface area contributed by atoms with E-state index in [9.17, 15) is 9.59 Å². The van der Waals surface area contributed by atoms with E-state index in [2.05, 4.69) is 10.3 Å². The molecule has 0 radical (unpaired) electrons. The maximum absolute atomic E-state index is 12.8. The van der Waals surface area contributed by atoms with Gasteiger partial charge in [-0.05, 0) is 63.8 Å². The summed E-state index contributed by atoms with van der Waals surface area (Å²) in [4.78, 5) is 28.2. The first kappa shape index (κ1) is 20.0. The van der Waals surface area contributed by atoms with Gasteiger partial charge in [-0.25, -0.2) is 0 Å². The van der Waals surface area contributed by atoms with Gasteiger partial charge in [-0.15, -0.1) is 0 Å². The maximum atomic E-state index is 12.8. The van der Waals surface area contributed by atoms with E-state index in [4.69, 9.17) is 9.47 Å². The van der Waals surface area contributed by atoms with Crippen LogP contribution in [0.2, 0.25) is 0 Å². The summed E-state index contributed by atoms with van der Waals surface area (Å²) in [5.41, 5.74) is 3.72. The minimum absolute atomic E-state index is 0.120. The highest BCUT2D eigenvalue weighted by molar-refractivity contribution is 6.04. The summed E-state index contributed by atoms with van der Waals surface area (Å²) < 4.78 is 11.3. The lowest BCUT2D eigenvalue weighted by Crippen LogP contribution is -2.27. The van der Waals surface area contributed by atoms with Gasteiger partial charge in [0, 0.05) is 17.7 Å². The number of hydrogen-bond donors (Lipinski definition) is 2. The van der Waals surface area contributed by atoms with E-state index in [0.29, 0.717) is 42.4 Å². The van der Waals surface area contributed by atoms with Gasteiger partial charge >= 0.3 is 0 Å². The van der Waals surface area contributed by atoms with Gasteiger partial charge < -0.3 is 19.8 Å². The van der Waals surface area contributed by atoms with E-state index in [0.717, 1.165) is 29.7 Å². The van der Waals surface area contributed by atoms with Gasteiger partial charge in [-0.1, -0.05) is 6.07 Å². The maximum Gasteiger partial charge on any atom is 0.268 e. The number of ether oxygens (including phenoxy) is 2. The lowest BCUT2D eigenvalue weighted by Gasteiger charge is -2.17. The Labute approximate surface area is 165 Å². The smallest absolute Gasteiger partial charge is 0.268 e. The van der Waals surface area contributed by atoms with Gasteiger partial charge in [0.05, 0.1) is 19.3 Å². The fraction of sp³-hybridized carbons (Fsp3) is 0.455. The van der Waals surface area contributed by atoms with Crippen molar-refractivity contribution in [1.29, 1.82) is 0 Å². The first-order chi connectivity index (χ1) is 13.5. The Balaban J connectivity index is 1.79. The molecule has 1 atom stereocenters. The minimum Gasteiger partial charge on any atom is -0.490 e. The average Bonchev–Trinajstić information content (AvgIpc) is 3.01. The average molecular weight is 384 g/mol. The number of fused-ring (bicyclic) bond motifs is 1. The van der Waals surface area contributed by atoms with Crippen molar-refractivity contribution in [2.75, 3.05) is 13.2 Å². The van der Waals surface area contributed by atoms with Gasteiger partial charge in [0.2, 0.25) is 0 Å². The Kier molecular flexibility index (Phi) is 6.07. The number of benzene rings is 1. The molecule has 3 rings (SSSR count). The molecule has 0 fully saturated rings. The molecule has 1 unspecified atom stereocenters. The molecular formula is C22H28N2O4. The third-order valence-corrected chi connectivity index (χ3v) is 5.08. The first-order valence-electron chi connectivity index (χ1n) is 9.91. The quantitative estimate of drug-likeness (QED) is 0.752. The Hall–Kier alpha value is -2.76. The minimum atomic E-state index is -0.224. The van der Waals surface area contributed by atoms with Crippen LogP contribution in [0.1, 0.15) is 77.3 Å². The number of amides is 1. The molecule has 1 aliphatic carbocycles. The highest BCUT2D eigenvalue weighted by Crippen LogP contribution is 2.31. The number of carbonyl (C=O) groups excluding carboxylic acids is 2. The second-order valence-corrected chi connectivity index (χ2v) is 7.02. The normalized spacial score (nSPS) is 14.4. The van der Waals surface area contributed by atoms with Gasteiger partial charge in [0.25, 0.3) is 5.91 Å². The van der Waals surface area contributed by atoms with E-state index >= 15 is 0 Å². The van der Waals surface area contributed by atoms with Crippen LogP contribution in [-0.4, -0.2) is 29.9 Å². The van der Waals surface area contributed by atoms with Crippen LogP contribution in [0.25, 0.3) is 0 Å². The van der Waals surface area contributed by atoms with E-state index in [-0.39, 0.29) is 17.7 Å². The fourth-order valence-corrected chi connectivity index (χ4v) is 3.69. The third kappa shape index (κ3) is 3.91. The summed E-state index contributed by atoms with van der Waals surface area (Å²) in [7, 11) is 0. The first-order valence-corrected chi connectivity index (χ1v) is 9.91. The molecule has 2 N–H and O–H groups in total. The standard InChI is InChI=1S/C22H28N2O4/c1-5-27-18-11-10-15(12-19(18)28-6-2)14(4)23-22(26)21-13(3)20-16(24-21)8-7-9-17(20)25/h10-12,14,24H,5-9H2,1-4H3,(H,23,26). The molecule has 6 heteroatoms. The van der Waals surface area contributed by atoms with Crippen molar-refractivity contribution < 1.29 is 19.1 Å². The second-order valence-electron chi connectivity index (χ2n) is 7.02. The summed E-state index contributed by atoms with van der Waals surface area (Å²) in [6, 6.07) is 5.46. The van der Waals surface area contributed by atoms with Crippen LogP contribution >= 0.6 is 0 Å². The van der Waals surface area contributed by atoms with Crippen molar-refractivity contribution in [1.82, 2.24) is 10.3 Å². The number of H-pyrrole nitrogens is 1. The van der Waals surface area contributed by atoms with E-state index in [1.165, 1.54) is 0 Å². The van der Waals surface area contributed by atoms with Crippen LogP contribution in [0, 0.1) is 6.92 Å². The Bertz CT molecular complexity index is 885. The zero-order chi connectivity index (χ0) is 20.3. The third-order valence-electron chi connectivity index (χ3n) is 5.08. The number of aryl methyl sites for hydroxylation is 1. The van der Waals surface area contributed by atoms with Crippen molar-refractivity contribution in [2.24, 2.45) is 0 Å². The molecule has 0 saturated heterocycles. The second kappa shape index (κ2) is 8.50. The number of aromatic nitrogens is 1. The molecule has 1 heterocycles. The Morgan fingerprint density at radius 1 is 1.18 bits per heavy atom. The summed E-state index contributed by atoms with van der Waals surface area (Å²) in [5, 5.41) is 3.02. The topological polar surface area (TPSA) is 80.4 Å². The monoisotopic (exact) mass is 384 g/mol. The van der Waals surface area contributed by atoms with Gasteiger partial charge in [-0.2, -0.15) is 0 Å². The van der Waals surface area contributed by atoms with Crippen LogP contribution < -0.4 is 14.8 Å². The molecule has 1 aromatic heterocycles. The Morgan fingerprint density at radius 2 is 1.89 bits per heavy atom. The number of Topliss-reactive ketones (excluding diaryl/α,β-unsaturated/α-hetero) is 1. The van der Waals surface area contributed by atoms with Crippen molar-refractivity contribution in [3.8, 4) is 11.5 Å². The lowest BCUT2D eigenvalue weighted by atomic mass is 9.94. The van der Waals surface area contributed by atoms with Gasteiger partial charge in [-0.3, -0.25) is 9.59 Å². The molecule has 0 aliphatic heterocycles. The van der Waals surface area contributed by atoms with Crippen LogP contribution in [0.5, 0.6) is 11.5 Å². The highest BCUT2D eigenvalue weighted by Gasteiger charge is 2.27. The van der Waals surface area contributed by atoms with Crippen molar-refractivity contribution in [2.45, 2.75) is 53.0 Å². The summed E-state index contributed by atoms with van der Waals surface area (Å²) in [6.45, 7) is 8.70. The molecule has 0 spiro atoms. The molecule has 0 saturated carbocycles. The lowest BCUT2D eigenvalue weighted by molar-refractivity contribution is 0.0934. The number of carbonyl (C=O) groups is 2. The number of hydrogen-bond acceptors (Lipinski definition) is 4. The zero-order valence-corrected chi connectivity index (χ0v) is 17.0. The Morgan fingerprint density at radius 3 is 2.57 bits per heavy atom. The fourth-order valence-electron chi connectivity index (χ4n) is 3.69. The summed E-state index contributed by atoms with van der Waals surface area (Å²) in [5.74, 6) is 1.27. The number of nitrogens with one attached hydrogen (secondary N) is 2. The molecule has 28 heavy (non-hydrogen) atoms. The zero-order valence-electron chi connectivity index (χ0n) is 17.0. The molecule has 6 nitrogen and oxygen atoms in total. The summed E-state index contributed by atoms with van der Waals surface area (Å²) >= 11 is 0. The van der Waals surface area contributed by atoms with E-state index in [1.54, 1.807) is 0 Å².